The molecule has 0 aliphatic rings. The Morgan fingerprint density at radius 2 is 0.823 bits per heavy atom. The second kappa shape index (κ2) is 31.7. The van der Waals surface area contributed by atoms with Gasteiger partial charge >= 0.3 is 0 Å². The number of benzene rings is 6. The maximum atomic E-state index is 13.7. The fourth-order valence-corrected chi connectivity index (χ4v) is 11.3. The smallest absolute Gasteiger partial charge is 0.259 e. The highest BCUT2D eigenvalue weighted by atomic mass is 31.2. The fraction of sp³-hybridized carbons (Fsp3) is 0.391. The van der Waals surface area contributed by atoms with E-state index in [-0.39, 0.29) is 62.9 Å². The molecule has 0 aromatic heterocycles. The summed E-state index contributed by atoms with van der Waals surface area (Å²) in [5, 5.41) is 15.5. The van der Waals surface area contributed by atoms with E-state index in [4.69, 9.17) is 37.5 Å². The van der Waals surface area contributed by atoms with Crippen LogP contribution in [0, 0.1) is 11.3 Å². The Hall–Kier alpha value is -6.82. The van der Waals surface area contributed by atoms with E-state index in [1.54, 1.807) is 28.4 Å². The Kier molecular flexibility index (Phi) is 24.6. The van der Waals surface area contributed by atoms with Crippen molar-refractivity contribution in [1.82, 2.24) is 15.3 Å². The lowest BCUT2D eigenvalue weighted by Crippen LogP contribution is -2.43. The average Bonchev–Trinajstić information content (AvgIpc) is 3.51. The Morgan fingerprint density at radius 1 is 0.494 bits per heavy atom. The van der Waals surface area contributed by atoms with Crippen LogP contribution in [0.3, 0.4) is 0 Å². The van der Waals surface area contributed by atoms with Crippen molar-refractivity contribution in [3.8, 4) is 29.1 Å². The Bertz CT molecular complexity index is 2490. The minimum atomic E-state index is -1.68. The molecule has 0 saturated carbocycles. The van der Waals surface area contributed by atoms with Crippen molar-refractivity contribution >= 4 is 20.3 Å². The minimum absolute atomic E-state index is 0.0487. The zero-order chi connectivity index (χ0) is 56.5. The molecule has 6 aromatic carbocycles. The summed E-state index contributed by atoms with van der Waals surface area (Å²) in [6.45, 7) is 9.39. The lowest BCUT2D eigenvalue weighted by molar-refractivity contribution is -0.121. The van der Waals surface area contributed by atoms with E-state index in [1.807, 2.05) is 133 Å². The molecule has 1 unspecified atom stereocenters. The van der Waals surface area contributed by atoms with Crippen molar-refractivity contribution in [3.05, 3.63) is 191 Å². The third-order valence-corrected chi connectivity index (χ3v) is 15.7. The number of ether oxygens (including phenoxy) is 6. The number of carbonyl (C=O) groups is 2. The van der Waals surface area contributed by atoms with Gasteiger partial charge in [0.1, 0.15) is 40.3 Å². The van der Waals surface area contributed by atoms with E-state index in [0.29, 0.717) is 38.9 Å². The van der Waals surface area contributed by atoms with Crippen LogP contribution < -0.4 is 29.6 Å². The summed E-state index contributed by atoms with van der Waals surface area (Å²) in [4.78, 5) is 27.3. The largest absolute Gasteiger partial charge is 0.497 e. The predicted molar refractivity (Wildman–Crippen MR) is 310 cm³/mol. The lowest BCUT2D eigenvalue weighted by Gasteiger charge is -2.37. The number of unbranched alkanes of at least 4 members (excludes halogenated alkanes) is 2. The van der Waals surface area contributed by atoms with Crippen molar-refractivity contribution in [2.75, 3.05) is 61.3 Å². The first-order valence-corrected chi connectivity index (χ1v) is 28.3. The first kappa shape index (κ1) is 61.4. The van der Waals surface area contributed by atoms with Gasteiger partial charge < -0.3 is 48.1 Å². The number of methoxy groups -OCH3 is 4. The van der Waals surface area contributed by atoms with Crippen LogP contribution in [0.1, 0.15) is 106 Å². The van der Waals surface area contributed by atoms with Crippen LogP contribution in [0.25, 0.3) is 0 Å². The van der Waals surface area contributed by atoms with Crippen LogP contribution in [-0.4, -0.2) is 96.0 Å². The molecule has 0 fully saturated rings. The molecule has 0 aliphatic carbocycles. The molecule has 0 bridgehead atoms. The van der Waals surface area contributed by atoms with Gasteiger partial charge in [-0.1, -0.05) is 109 Å². The van der Waals surface area contributed by atoms with Crippen LogP contribution >= 0.6 is 8.53 Å². The first-order valence-electron chi connectivity index (χ1n) is 27.2. The Labute approximate surface area is 469 Å². The molecule has 79 heavy (non-hydrogen) atoms. The van der Waals surface area contributed by atoms with Crippen LogP contribution in [0.15, 0.2) is 158 Å². The molecule has 2 amide bonds. The third-order valence-electron chi connectivity index (χ3n) is 13.5. The van der Waals surface area contributed by atoms with Crippen LogP contribution in [-0.2, 0) is 39.3 Å². The van der Waals surface area contributed by atoms with Crippen molar-refractivity contribution in [1.29, 1.82) is 5.26 Å². The van der Waals surface area contributed by atoms with Crippen LogP contribution in [0.2, 0.25) is 0 Å². The molecule has 2 N–H and O–H groups in total. The highest BCUT2D eigenvalue weighted by molar-refractivity contribution is 7.44. The number of nitriles is 1. The molecule has 1 atom stereocenters. The molecule has 420 valence electrons. The minimum Gasteiger partial charge on any atom is -0.497 e. The van der Waals surface area contributed by atoms with E-state index in [0.717, 1.165) is 56.4 Å². The Morgan fingerprint density at radius 3 is 1.13 bits per heavy atom. The second-order valence-corrected chi connectivity index (χ2v) is 20.9. The number of rotatable bonds is 34. The molecule has 14 nitrogen and oxygen atoms in total. The standard InChI is InChI=1S/C64H79N4O10P/c1-48(2)68(49(3)4)79(77-45-19-42-65)78-60(46-66-61(69)24-15-17-43-75-63(50-20-11-9-12-21-50,52-26-34-56(71-5)35-27-52)53-28-36-57(72-6)37-29-53)47-67-62(70)25-16-18-44-76-64(51-22-13-10-14-23-51,54-30-38-58(73-7)39-31-54)55-32-40-59(74-8)41-33-55/h9-14,20-23,26-41,48-49,60H,15-19,24-25,43-47H2,1-8H3,(H,66,69)(H,67,70). The molecule has 6 aromatic rings. The van der Waals surface area contributed by atoms with Crippen molar-refractivity contribution in [2.24, 2.45) is 0 Å². The van der Waals surface area contributed by atoms with Gasteiger partial charge in [-0.2, -0.15) is 5.26 Å². The second-order valence-electron chi connectivity index (χ2n) is 19.5. The van der Waals surface area contributed by atoms with Gasteiger partial charge in [0.15, 0.2) is 0 Å². The maximum absolute atomic E-state index is 13.7. The molecule has 0 radical (unpaired) electrons. The number of hydrogen-bond donors (Lipinski definition) is 2. The number of nitrogens with one attached hydrogen (secondary N) is 2. The highest BCUT2D eigenvalue weighted by Crippen LogP contribution is 2.47. The lowest BCUT2D eigenvalue weighted by atomic mass is 9.80. The molecule has 0 heterocycles. The highest BCUT2D eigenvalue weighted by Gasteiger charge is 2.39. The quantitative estimate of drug-likeness (QED) is 0.0224. The average molecular weight is 1100 g/mol. The predicted octanol–water partition coefficient (Wildman–Crippen LogP) is 12.3. The summed E-state index contributed by atoms with van der Waals surface area (Å²) in [7, 11) is 4.90. The summed E-state index contributed by atoms with van der Waals surface area (Å²) in [6, 6.07) is 54.1. The van der Waals surface area contributed by atoms with Gasteiger partial charge in [0.2, 0.25) is 11.8 Å². The number of amides is 2. The molecular weight excluding hydrogens is 1020 g/mol. The zero-order valence-electron chi connectivity index (χ0n) is 47.2. The number of hydrogen-bond acceptors (Lipinski definition) is 12. The summed E-state index contributed by atoms with van der Waals surface area (Å²) in [5.41, 5.74) is 3.68. The first-order chi connectivity index (χ1) is 38.4. The molecule has 0 saturated heterocycles. The summed E-state index contributed by atoms with van der Waals surface area (Å²) < 4.78 is 51.2. The van der Waals surface area contributed by atoms with Gasteiger partial charge in [-0.3, -0.25) is 9.59 Å². The SMILES string of the molecule is COc1ccc(C(OCCCCC(=O)NCC(CNC(=O)CCCCOC(c2ccccc2)(c2ccc(OC)cc2)c2ccc(OC)cc2)OP(OCCC#N)N(C(C)C)C(C)C)(c2ccccc2)c2ccc(OC)cc2)cc1. The van der Waals surface area contributed by atoms with Crippen molar-refractivity contribution in [2.45, 2.75) is 102 Å². The molecule has 0 spiro atoms. The van der Waals surface area contributed by atoms with Gasteiger partial charge in [0.25, 0.3) is 8.53 Å². The van der Waals surface area contributed by atoms with Gasteiger partial charge in [0.05, 0.1) is 47.5 Å². The maximum Gasteiger partial charge on any atom is 0.259 e. The van der Waals surface area contributed by atoms with Gasteiger partial charge in [-0.25, -0.2) is 4.67 Å². The Balaban J connectivity index is 1.10. The zero-order valence-corrected chi connectivity index (χ0v) is 48.0. The monoisotopic (exact) mass is 1090 g/mol. The van der Waals surface area contributed by atoms with E-state index >= 15 is 0 Å². The van der Waals surface area contributed by atoms with Crippen molar-refractivity contribution in [3.63, 3.8) is 0 Å². The van der Waals surface area contributed by atoms with Crippen LogP contribution in [0.5, 0.6) is 23.0 Å². The van der Waals surface area contributed by atoms with Crippen LogP contribution in [0.4, 0.5) is 0 Å². The summed E-state index contributed by atoms with van der Waals surface area (Å²) >= 11 is 0. The molecule has 0 aliphatic heterocycles. The van der Waals surface area contributed by atoms with E-state index in [9.17, 15) is 14.9 Å². The molecular formula is C64H79N4O10P. The van der Waals surface area contributed by atoms with E-state index in [1.165, 1.54) is 0 Å². The van der Waals surface area contributed by atoms with E-state index in [2.05, 4.69) is 73.3 Å². The van der Waals surface area contributed by atoms with Gasteiger partial charge in [0, 0.05) is 51.2 Å². The third kappa shape index (κ3) is 16.9. The van der Waals surface area contributed by atoms with E-state index < -0.39 is 25.8 Å². The van der Waals surface area contributed by atoms with Gasteiger partial charge in [-0.05, 0) is 135 Å². The number of carbonyl (C=O) groups excluding carboxylic acids is 2. The number of nitrogens with zero attached hydrogens (tertiary/aromatic N) is 2. The molecule has 15 heteroatoms. The van der Waals surface area contributed by atoms with Crippen molar-refractivity contribution < 1.29 is 47.1 Å². The topological polar surface area (TPSA) is 159 Å². The van der Waals surface area contributed by atoms with Gasteiger partial charge in [-0.15, -0.1) is 0 Å². The molecule has 6 rings (SSSR count). The summed E-state index contributed by atoms with van der Waals surface area (Å²) in [6.07, 6.45) is 2.34. The fourth-order valence-electron chi connectivity index (χ4n) is 9.58. The summed E-state index contributed by atoms with van der Waals surface area (Å²) in [5.74, 6) is 2.62. The normalized spacial score (nSPS) is 12.1.